The number of hydrogen-bond acceptors (Lipinski definition) is 6. The van der Waals surface area contributed by atoms with E-state index in [2.05, 4.69) is 4.74 Å². The fourth-order valence-corrected chi connectivity index (χ4v) is 0.266. The highest BCUT2D eigenvalue weighted by atomic mass is 16.5. The van der Waals surface area contributed by atoms with E-state index in [0.717, 1.165) is 0 Å². The van der Waals surface area contributed by atoms with Gasteiger partial charge in [-0.2, -0.15) is 0 Å². The van der Waals surface area contributed by atoms with Crippen molar-refractivity contribution in [3.8, 4) is 0 Å². The quantitative estimate of drug-likeness (QED) is 0.511. The first-order valence-electron chi connectivity index (χ1n) is 5.56. The van der Waals surface area contributed by atoms with Gasteiger partial charge in [-0.05, 0) is 0 Å². The highest BCUT2D eigenvalue weighted by Gasteiger charge is 2.02. The van der Waals surface area contributed by atoms with Gasteiger partial charge in [0.05, 0.1) is 6.61 Å². The summed E-state index contributed by atoms with van der Waals surface area (Å²) in [5.74, 6) is -1.95. The van der Waals surface area contributed by atoms with E-state index in [0.29, 0.717) is 0 Å². The summed E-state index contributed by atoms with van der Waals surface area (Å²) in [6.07, 6.45) is -0.506. The van der Waals surface area contributed by atoms with E-state index < -0.39 is 24.0 Å². The SMILES string of the molecule is CC(=O)OCC(O)CO.CCC(=O)O.CCC(=O)O. The van der Waals surface area contributed by atoms with Gasteiger partial charge >= 0.3 is 17.9 Å². The van der Waals surface area contributed by atoms with Gasteiger partial charge in [0, 0.05) is 19.8 Å². The summed E-state index contributed by atoms with van der Waals surface area (Å²) < 4.78 is 4.35. The van der Waals surface area contributed by atoms with E-state index in [4.69, 9.17) is 20.4 Å². The molecule has 0 heterocycles. The molecule has 0 aliphatic rings. The smallest absolute Gasteiger partial charge is 0.303 e. The van der Waals surface area contributed by atoms with Gasteiger partial charge in [-0.1, -0.05) is 13.8 Å². The minimum absolute atomic E-state index is 0.133. The van der Waals surface area contributed by atoms with E-state index in [9.17, 15) is 14.4 Å². The Balaban J connectivity index is -0.000000219. The third-order valence-corrected chi connectivity index (χ3v) is 1.29. The topological polar surface area (TPSA) is 141 Å². The summed E-state index contributed by atoms with van der Waals surface area (Å²) in [5, 5.41) is 32.2. The molecule has 1 atom stereocenters. The Labute approximate surface area is 111 Å². The fraction of sp³-hybridized carbons (Fsp3) is 0.727. The predicted octanol–water partition coefficient (Wildman–Crippen LogP) is -0.135. The summed E-state index contributed by atoms with van der Waals surface area (Å²) in [4.78, 5) is 28.8. The number of aliphatic hydroxyl groups excluding tert-OH is 2. The number of carboxylic acids is 2. The molecule has 0 fully saturated rings. The van der Waals surface area contributed by atoms with Gasteiger partial charge in [0.25, 0.3) is 0 Å². The lowest BCUT2D eigenvalue weighted by molar-refractivity contribution is -0.144. The number of hydrogen-bond donors (Lipinski definition) is 4. The Kier molecular flexibility index (Phi) is 19.3. The molecule has 0 spiro atoms. The third-order valence-electron chi connectivity index (χ3n) is 1.29. The van der Waals surface area contributed by atoms with Crippen LogP contribution in [0.2, 0.25) is 0 Å². The van der Waals surface area contributed by atoms with Crippen LogP contribution < -0.4 is 0 Å². The molecule has 19 heavy (non-hydrogen) atoms. The maximum Gasteiger partial charge on any atom is 0.303 e. The summed E-state index contributed by atoms with van der Waals surface area (Å²) in [6, 6.07) is 0. The number of rotatable bonds is 5. The zero-order valence-electron chi connectivity index (χ0n) is 11.3. The second-order valence-corrected chi connectivity index (χ2v) is 3.13. The Bertz CT molecular complexity index is 237. The Morgan fingerprint density at radius 3 is 1.53 bits per heavy atom. The summed E-state index contributed by atoms with van der Waals surface area (Å²) in [5.41, 5.74) is 0. The van der Waals surface area contributed by atoms with E-state index in [1.807, 2.05) is 0 Å². The van der Waals surface area contributed by atoms with Gasteiger partial charge in [-0.15, -0.1) is 0 Å². The first-order chi connectivity index (χ1) is 8.70. The van der Waals surface area contributed by atoms with Crippen LogP contribution in [0.25, 0.3) is 0 Å². The highest BCUT2D eigenvalue weighted by Crippen LogP contribution is 1.83. The second kappa shape index (κ2) is 16.3. The third kappa shape index (κ3) is 38.5. The number of carbonyl (C=O) groups excluding carboxylic acids is 1. The lowest BCUT2D eigenvalue weighted by Gasteiger charge is -2.05. The molecule has 0 amide bonds. The van der Waals surface area contributed by atoms with Gasteiger partial charge in [-0.25, -0.2) is 0 Å². The fourth-order valence-electron chi connectivity index (χ4n) is 0.266. The van der Waals surface area contributed by atoms with Crippen LogP contribution in [0.5, 0.6) is 0 Å². The number of carboxylic acid groups (broad SMARTS) is 2. The van der Waals surface area contributed by atoms with Gasteiger partial charge < -0.3 is 25.2 Å². The van der Waals surface area contributed by atoms with Gasteiger partial charge in [0.15, 0.2) is 0 Å². The molecular weight excluding hydrogens is 260 g/mol. The first kappa shape index (κ1) is 22.5. The standard InChI is InChI=1S/C5H10O4.2C3H6O2/c1-4(7)9-3-5(8)2-6;2*1-2-3(4)5/h5-6,8H,2-3H2,1H3;2*2H2,1H3,(H,4,5). The molecule has 0 saturated heterocycles. The monoisotopic (exact) mass is 282 g/mol. The Morgan fingerprint density at radius 2 is 1.37 bits per heavy atom. The summed E-state index contributed by atoms with van der Waals surface area (Å²) in [7, 11) is 0. The number of carbonyl (C=O) groups is 3. The van der Waals surface area contributed by atoms with Crippen molar-refractivity contribution in [3.63, 3.8) is 0 Å². The lowest BCUT2D eigenvalue weighted by Crippen LogP contribution is -2.20. The molecule has 114 valence electrons. The molecule has 0 aromatic rings. The van der Waals surface area contributed by atoms with Gasteiger partial charge in [0.2, 0.25) is 0 Å². The van der Waals surface area contributed by atoms with Crippen molar-refractivity contribution in [3.05, 3.63) is 0 Å². The Morgan fingerprint density at radius 1 is 1.05 bits per heavy atom. The molecule has 0 saturated carbocycles. The molecule has 0 bridgehead atoms. The van der Waals surface area contributed by atoms with Crippen molar-refractivity contribution in [2.45, 2.75) is 39.7 Å². The molecule has 0 aromatic heterocycles. The lowest BCUT2D eigenvalue weighted by atomic mass is 10.4. The summed E-state index contributed by atoms with van der Waals surface area (Å²) >= 11 is 0. The maximum atomic E-state index is 10.0. The van der Waals surface area contributed by atoms with Gasteiger partial charge in [0.1, 0.15) is 12.7 Å². The van der Waals surface area contributed by atoms with Crippen molar-refractivity contribution in [2.24, 2.45) is 0 Å². The van der Waals surface area contributed by atoms with Crippen LogP contribution in [-0.2, 0) is 19.1 Å². The van der Waals surface area contributed by atoms with Crippen LogP contribution >= 0.6 is 0 Å². The van der Waals surface area contributed by atoms with Crippen LogP contribution in [-0.4, -0.2) is 57.7 Å². The molecule has 0 radical (unpaired) electrons. The normalized spacial score (nSPS) is 9.95. The molecule has 1 unspecified atom stereocenters. The maximum absolute atomic E-state index is 10.0. The predicted molar refractivity (Wildman–Crippen MR) is 65.6 cm³/mol. The number of aliphatic hydroxyl groups is 2. The molecule has 0 aliphatic carbocycles. The molecular formula is C11H22O8. The number of aliphatic carboxylic acids is 2. The van der Waals surface area contributed by atoms with Crippen molar-refractivity contribution >= 4 is 17.9 Å². The molecule has 4 N–H and O–H groups in total. The zero-order valence-corrected chi connectivity index (χ0v) is 11.3. The van der Waals surface area contributed by atoms with Crippen LogP contribution in [0, 0.1) is 0 Å². The van der Waals surface area contributed by atoms with Crippen molar-refractivity contribution in [1.29, 1.82) is 0 Å². The second-order valence-electron chi connectivity index (χ2n) is 3.13. The summed E-state index contributed by atoms with van der Waals surface area (Å²) in [6.45, 7) is 3.92. The van der Waals surface area contributed by atoms with Crippen LogP contribution in [0.4, 0.5) is 0 Å². The number of ether oxygens (including phenoxy) is 1. The largest absolute Gasteiger partial charge is 0.481 e. The van der Waals surface area contributed by atoms with Crippen LogP contribution in [0.3, 0.4) is 0 Å². The van der Waals surface area contributed by atoms with Crippen molar-refractivity contribution < 1.29 is 39.5 Å². The minimum atomic E-state index is -0.950. The molecule has 0 aromatic carbocycles. The van der Waals surface area contributed by atoms with Crippen molar-refractivity contribution in [2.75, 3.05) is 13.2 Å². The molecule has 0 rings (SSSR count). The average molecular weight is 282 g/mol. The number of esters is 1. The van der Waals surface area contributed by atoms with E-state index in [1.165, 1.54) is 6.92 Å². The molecule has 8 nitrogen and oxygen atoms in total. The van der Waals surface area contributed by atoms with Gasteiger partial charge in [-0.3, -0.25) is 14.4 Å². The Hall–Kier alpha value is -1.67. The molecule has 8 heteroatoms. The highest BCUT2D eigenvalue weighted by molar-refractivity contribution is 5.66. The van der Waals surface area contributed by atoms with E-state index >= 15 is 0 Å². The zero-order chi connectivity index (χ0) is 15.8. The van der Waals surface area contributed by atoms with E-state index in [-0.39, 0.29) is 26.1 Å². The first-order valence-corrected chi connectivity index (χ1v) is 5.56. The van der Waals surface area contributed by atoms with E-state index in [1.54, 1.807) is 13.8 Å². The van der Waals surface area contributed by atoms with Crippen LogP contribution in [0.1, 0.15) is 33.6 Å². The average Bonchev–Trinajstić information content (AvgIpc) is 2.37. The van der Waals surface area contributed by atoms with Crippen molar-refractivity contribution in [1.82, 2.24) is 0 Å². The minimum Gasteiger partial charge on any atom is -0.481 e. The van der Waals surface area contributed by atoms with Crippen LogP contribution in [0.15, 0.2) is 0 Å². The molecule has 0 aliphatic heterocycles.